The zero-order valence-electron chi connectivity index (χ0n) is 11.2. The van der Waals surface area contributed by atoms with Crippen LogP contribution in [0.1, 0.15) is 45.6 Å². The van der Waals surface area contributed by atoms with Crippen LogP contribution in [0.25, 0.3) is 0 Å². The molecule has 1 heterocycles. The van der Waals surface area contributed by atoms with E-state index in [4.69, 9.17) is 11.6 Å². The molecular weight excluding hydrogens is 234 g/mol. The highest BCUT2D eigenvalue weighted by Crippen LogP contribution is 2.24. The number of halogens is 1. The molecule has 1 aromatic heterocycles. The van der Waals surface area contributed by atoms with Gasteiger partial charge in [0.05, 0.1) is 0 Å². The third-order valence-electron chi connectivity index (χ3n) is 3.14. The maximum Gasteiger partial charge on any atom is 0.137 e. The molecule has 0 aromatic carbocycles. The van der Waals surface area contributed by atoms with Crippen LogP contribution in [0.3, 0.4) is 0 Å². The summed E-state index contributed by atoms with van der Waals surface area (Å²) >= 11 is 6.06. The van der Waals surface area contributed by atoms with Gasteiger partial charge in [-0.25, -0.2) is 9.97 Å². The van der Waals surface area contributed by atoms with Gasteiger partial charge in [-0.1, -0.05) is 31.9 Å². The lowest BCUT2D eigenvalue weighted by Gasteiger charge is -2.30. The van der Waals surface area contributed by atoms with E-state index in [2.05, 4.69) is 35.6 Å². The van der Waals surface area contributed by atoms with Crippen LogP contribution in [0.5, 0.6) is 0 Å². The van der Waals surface area contributed by atoms with Crippen molar-refractivity contribution in [2.45, 2.75) is 53.0 Å². The number of anilines is 1. The Balaban J connectivity index is 2.99. The molecule has 4 heteroatoms. The minimum atomic E-state index is 0.478. The first-order valence-electron chi connectivity index (χ1n) is 6.35. The second-order valence-electron chi connectivity index (χ2n) is 4.42. The molecule has 0 aliphatic carbocycles. The summed E-state index contributed by atoms with van der Waals surface area (Å²) in [4.78, 5) is 10.7. The Labute approximate surface area is 109 Å². The third-order valence-corrected chi connectivity index (χ3v) is 3.52. The van der Waals surface area contributed by atoms with Gasteiger partial charge in [-0.05, 0) is 26.7 Å². The van der Waals surface area contributed by atoms with E-state index in [1.54, 1.807) is 6.33 Å². The van der Waals surface area contributed by atoms with Gasteiger partial charge in [0.1, 0.15) is 17.3 Å². The van der Waals surface area contributed by atoms with E-state index < -0.39 is 0 Å². The minimum Gasteiger partial charge on any atom is -0.354 e. The van der Waals surface area contributed by atoms with Crippen LogP contribution >= 0.6 is 11.6 Å². The number of aromatic nitrogens is 2. The van der Waals surface area contributed by atoms with Crippen molar-refractivity contribution in [3.8, 4) is 0 Å². The molecule has 1 aromatic rings. The molecule has 0 aliphatic rings. The maximum atomic E-state index is 6.06. The van der Waals surface area contributed by atoms with Gasteiger partial charge in [0.25, 0.3) is 0 Å². The summed E-state index contributed by atoms with van der Waals surface area (Å²) in [5.74, 6) is 0.979. The molecule has 1 unspecified atom stereocenters. The van der Waals surface area contributed by atoms with E-state index in [1.165, 1.54) is 12.8 Å². The molecular formula is C13H22ClN3. The van der Waals surface area contributed by atoms with Crippen LogP contribution in [0.4, 0.5) is 5.82 Å². The van der Waals surface area contributed by atoms with Crippen LogP contribution in [-0.4, -0.2) is 22.6 Å². The lowest BCUT2D eigenvalue weighted by atomic mass is 10.1. The van der Waals surface area contributed by atoms with Crippen LogP contribution < -0.4 is 4.90 Å². The highest BCUT2D eigenvalue weighted by Gasteiger charge is 2.17. The molecule has 17 heavy (non-hydrogen) atoms. The summed E-state index contributed by atoms with van der Waals surface area (Å²) in [6.07, 6.45) is 5.01. The van der Waals surface area contributed by atoms with Gasteiger partial charge < -0.3 is 4.90 Å². The predicted octanol–water partition coefficient (Wildman–Crippen LogP) is 3.84. The van der Waals surface area contributed by atoms with Crippen LogP contribution in [0, 0.1) is 6.92 Å². The molecule has 0 saturated heterocycles. The van der Waals surface area contributed by atoms with Crippen molar-refractivity contribution in [1.82, 2.24) is 9.97 Å². The van der Waals surface area contributed by atoms with E-state index in [9.17, 15) is 0 Å². The fourth-order valence-electron chi connectivity index (χ4n) is 1.79. The number of rotatable bonds is 6. The molecule has 0 spiro atoms. The van der Waals surface area contributed by atoms with Crippen LogP contribution in [0.2, 0.25) is 5.15 Å². The lowest BCUT2D eigenvalue weighted by Crippen LogP contribution is -2.34. The number of unbranched alkanes of at least 4 members (excludes halogenated alkanes) is 1. The molecule has 0 N–H and O–H groups in total. The summed E-state index contributed by atoms with van der Waals surface area (Å²) in [5.41, 5.74) is 0.977. The van der Waals surface area contributed by atoms with Gasteiger partial charge in [0, 0.05) is 18.2 Å². The first-order valence-corrected chi connectivity index (χ1v) is 6.73. The molecule has 0 radical (unpaired) electrons. The van der Waals surface area contributed by atoms with Crippen molar-refractivity contribution < 1.29 is 0 Å². The van der Waals surface area contributed by atoms with Gasteiger partial charge in [-0.15, -0.1) is 0 Å². The largest absolute Gasteiger partial charge is 0.354 e. The fourth-order valence-corrected chi connectivity index (χ4v) is 1.92. The Hall–Kier alpha value is -0.830. The second kappa shape index (κ2) is 6.80. The number of hydrogen-bond acceptors (Lipinski definition) is 3. The Morgan fingerprint density at radius 2 is 2.06 bits per heavy atom. The van der Waals surface area contributed by atoms with Gasteiger partial charge in [-0.2, -0.15) is 0 Å². The van der Waals surface area contributed by atoms with Crippen molar-refractivity contribution >= 4 is 17.4 Å². The first-order chi connectivity index (χ1) is 8.11. The third kappa shape index (κ3) is 3.56. The maximum absolute atomic E-state index is 6.06. The predicted molar refractivity (Wildman–Crippen MR) is 73.8 cm³/mol. The van der Waals surface area contributed by atoms with E-state index in [0.29, 0.717) is 11.2 Å². The molecule has 0 amide bonds. The average Bonchev–Trinajstić information content (AvgIpc) is 2.34. The monoisotopic (exact) mass is 255 g/mol. The minimum absolute atomic E-state index is 0.478. The van der Waals surface area contributed by atoms with E-state index in [-0.39, 0.29) is 0 Å². The summed E-state index contributed by atoms with van der Waals surface area (Å²) in [6.45, 7) is 9.64. The molecule has 0 saturated carbocycles. The summed E-state index contributed by atoms with van der Waals surface area (Å²) in [5, 5.41) is 0.555. The van der Waals surface area contributed by atoms with Crippen molar-refractivity contribution in [1.29, 1.82) is 0 Å². The van der Waals surface area contributed by atoms with E-state index in [1.807, 2.05) is 6.92 Å². The lowest BCUT2D eigenvalue weighted by molar-refractivity contribution is 0.587. The second-order valence-corrected chi connectivity index (χ2v) is 4.78. The van der Waals surface area contributed by atoms with E-state index >= 15 is 0 Å². The zero-order chi connectivity index (χ0) is 12.8. The summed E-state index contributed by atoms with van der Waals surface area (Å²) < 4.78 is 0. The molecule has 0 aliphatic heterocycles. The Morgan fingerprint density at radius 3 is 2.65 bits per heavy atom. The van der Waals surface area contributed by atoms with E-state index in [0.717, 1.165) is 24.3 Å². The topological polar surface area (TPSA) is 29.0 Å². The van der Waals surface area contributed by atoms with Gasteiger partial charge in [-0.3, -0.25) is 0 Å². The normalized spacial score (nSPS) is 12.5. The fraction of sp³-hybridized carbons (Fsp3) is 0.692. The van der Waals surface area contributed by atoms with Gasteiger partial charge in [0.2, 0.25) is 0 Å². The number of hydrogen-bond donors (Lipinski definition) is 0. The van der Waals surface area contributed by atoms with Crippen LogP contribution in [0.15, 0.2) is 6.33 Å². The van der Waals surface area contributed by atoms with Crippen molar-refractivity contribution in [3.63, 3.8) is 0 Å². The van der Waals surface area contributed by atoms with Crippen molar-refractivity contribution in [3.05, 3.63) is 17.0 Å². The Kier molecular flexibility index (Phi) is 5.69. The molecule has 0 bridgehead atoms. The summed E-state index contributed by atoms with van der Waals surface area (Å²) in [7, 11) is 0. The highest BCUT2D eigenvalue weighted by molar-refractivity contribution is 6.30. The molecule has 1 rings (SSSR count). The summed E-state index contributed by atoms with van der Waals surface area (Å²) in [6, 6.07) is 0.478. The smallest absolute Gasteiger partial charge is 0.137 e. The molecule has 1 atom stereocenters. The highest BCUT2D eigenvalue weighted by atomic mass is 35.5. The average molecular weight is 256 g/mol. The van der Waals surface area contributed by atoms with Crippen LogP contribution in [-0.2, 0) is 0 Å². The number of nitrogens with zero attached hydrogens (tertiary/aromatic N) is 3. The van der Waals surface area contributed by atoms with Crippen molar-refractivity contribution in [2.24, 2.45) is 0 Å². The SMILES string of the molecule is CCCCN(c1ncnc(Cl)c1C)C(C)CC. The zero-order valence-corrected chi connectivity index (χ0v) is 12.0. The molecule has 3 nitrogen and oxygen atoms in total. The van der Waals surface area contributed by atoms with Gasteiger partial charge in [0.15, 0.2) is 0 Å². The van der Waals surface area contributed by atoms with Crippen molar-refractivity contribution in [2.75, 3.05) is 11.4 Å². The Morgan fingerprint density at radius 1 is 1.35 bits per heavy atom. The standard InChI is InChI=1S/C13H22ClN3/c1-5-7-8-17(10(3)6-2)13-11(4)12(14)15-9-16-13/h9-10H,5-8H2,1-4H3. The Bertz CT molecular complexity index is 355. The quantitative estimate of drug-likeness (QED) is 0.723. The van der Waals surface area contributed by atoms with Gasteiger partial charge >= 0.3 is 0 Å². The first kappa shape index (κ1) is 14.2. The molecule has 96 valence electrons. The molecule has 0 fully saturated rings.